The molecule has 0 N–H and O–H groups in total. The van der Waals surface area contributed by atoms with Crippen LogP contribution in [0.15, 0.2) is 24.4 Å². The van der Waals surface area contributed by atoms with Crippen molar-refractivity contribution in [1.29, 1.82) is 0 Å². The summed E-state index contributed by atoms with van der Waals surface area (Å²) in [6, 6.07) is 5.50. The lowest BCUT2D eigenvalue weighted by molar-refractivity contribution is -0.148. The molecular formula is C12H18N2O2. The molecule has 0 aromatic carbocycles. The molecule has 16 heavy (non-hydrogen) atoms. The van der Waals surface area contributed by atoms with Crippen molar-refractivity contribution >= 4 is 5.97 Å². The van der Waals surface area contributed by atoms with Crippen LogP contribution < -0.4 is 0 Å². The molecule has 1 rings (SSSR count). The summed E-state index contributed by atoms with van der Waals surface area (Å²) in [5, 5.41) is 0. The molecule has 0 fully saturated rings. The van der Waals surface area contributed by atoms with Gasteiger partial charge in [0.15, 0.2) is 0 Å². The highest BCUT2D eigenvalue weighted by atomic mass is 16.5. The second-order valence-corrected chi connectivity index (χ2v) is 3.66. The summed E-state index contributed by atoms with van der Waals surface area (Å²) in [6.45, 7) is 4.70. The topological polar surface area (TPSA) is 42.4 Å². The van der Waals surface area contributed by atoms with Gasteiger partial charge in [-0.1, -0.05) is 6.07 Å². The van der Waals surface area contributed by atoms with Gasteiger partial charge in [-0.05, 0) is 33.0 Å². The van der Waals surface area contributed by atoms with Gasteiger partial charge in [0, 0.05) is 12.7 Å². The average molecular weight is 222 g/mol. The smallest absolute Gasteiger partial charge is 0.323 e. The van der Waals surface area contributed by atoms with E-state index in [9.17, 15) is 4.79 Å². The molecule has 4 heteroatoms. The van der Waals surface area contributed by atoms with Crippen LogP contribution in [0, 0.1) is 0 Å². The molecule has 0 aliphatic heterocycles. The maximum absolute atomic E-state index is 11.5. The number of aromatic nitrogens is 1. The van der Waals surface area contributed by atoms with Crippen LogP contribution in [0.2, 0.25) is 0 Å². The first-order valence-electron chi connectivity index (χ1n) is 5.42. The van der Waals surface area contributed by atoms with Crippen molar-refractivity contribution in [3.8, 4) is 0 Å². The molecule has 0 saturated heterocycles. The Morgan fingerprint density at radius 2 is 2.31 bits per heavy atom. The number of hydrogen-bond acceptors (Lipinski definition) is 4. The van der Waals surface area contributed by atoms with Crippen LogP contribution in [-0.4, -0.2) is 35.5 Å². The molecule has 0 amide bonds. The molecular weight excluding hydrogens is 204 g/mol. The van der Waals surface area contributed by atoms with Crippen molar-refractivity contribution < 1.29 is 9.53 Å². The normalized spacial score (nSPS) is 12.5. The third-order valence-corrected chi connectivity index (χ3v) is 2.43. The molecule has 0 aliphatic carbocycles. The highest BCUT2D eigenvalue weighted by molar-refractivity contribution is 5.75. The molecule has 0 radical (unpaired) electrons. The zero-order chi connectivity index (χ0) is 12.0. The van der Waals surface area contributed by atoms with Gasteiger partial charge in [0.2, 0.25) is 0 Å². The van der Waals surface area contributed by atoms with E-state index >= 15 is 0 Å². The Labute approximate surface area is 96.2 Å². The van der Waals surface area contributed by atoms with Crippen LogP contribution in [0.5, 0.6) is 0 Å². The van der Waals surface area contributed by atoms with Crippen molar-refractivity contribution in [3.05, 3.63) is 30.1 Å². The highest BCUT2D eigenvalue weighted by Gasteiger charge is 2.19. The van der Waals surface area contributed by atoms with Gasteiger partial charge in [0.05, 0.1) is 12.3 Å². The molecule has 1 unspecified atom stereocenters. The third-order valence-electron chi connectivity index (χ3n) is 2.43. The number of carbonyl (C=O) groups is 1. The quantitative estimate of drug-likeness (QED) is 0.707. The molecule has 4 nitrogen and oxygen atoms in total. The lowest BCUT2D eigenvalue weighted by Gasteiger charge is -2.22. The Hall–Kier alpha value is -1.42. The van der Waals surface area contributed by atoms with Crippen molar-refractivity contribution in [2.75, 3.05) is 13.7 Å². The Morgan fingerprint density at radius 3 is 2.88 bits per heavy atom. The predicted molar refractivity (Wildman–Crippen MR) is 61.8 cm³/mol. The first-order chi connectivity index (χ1) is 7.65. The third kappa shape index (κ3) is 3.62. The maximum atomic E-state index is 11.5. The summed E-state index contributed by atoms with van der Waals surface area (Å²) in [5.74, 6) is -0.194. The molecule has 1 atom stereocenters. The first kappa shape index (κ1) is 12.6. The molecule has 0 spiro atoms. The van der Waals surface area contributed by atoms with Gasteiger partial charge in [-0.25, -0.2) is 0 Å². The predicted octanol–water partition coefficient (Wildman–Crippen LogP) is 1.46. The first-order valence-corrected chi connectivity index (χ1v) is 5.42. The monoisotopic (exact) mass is 222 g/mol. The number of esters is 1. The molecule has 1 heterocycles. The van der Waals surface area contributed by atoms with E-state index < -0.39 is 0 Å². The molecule has 0 saturated carbocycles. The minimum Gasteiger partial charge on any atom is -0.465 e. The largest absolute Gasteiger partial charge is 0.465 e. The summed E-state index contributed by atoms with van der Waals surface area (Å²) >= 11 is 0. The van der Waals surface area contributed by atoms with E-state index in [1.165, 1.54) is 0 Å². The van der Waals surface area contributed by atoms with Crippen LogP contribution in [0.3, 0.4) is 0 Å². The number of likely N-dealkylation sites (N-methyl/N-ethyl adjacent to an activating group) is 1. The fourth-order valence-corrected chi connectivity index (χ4v) is 1.33. The lowest BCUT2D eigenvalue weighted by Crippen LogP contribution is -2.36. The number of carbonyl (C=O) groups excluding carboxylic acids is 1. The molecule has 0 aliphatic rings. The van der Waals surface area contributed by atoms with E-state index in [1.807, 2.05) is 44.0 Å². The van der Waals surface area contributed by atoms with Crippen molar-refractivity contribution in [2.24, 2.45) is 0 Å². The summed E-state index contributed by atoms with van der Waals surface area (Å²) in [7, 11) is 1.89. The van der Waals surface area contributed by atoms with E-state index in [-0.39, 0.29) is 12.0 Å². The zero-order valence-electron chi connectivity index (χ0n) is 10.0. The van der Waals surface area contributed by atoms with E-state index in [4.69, 9.17) is 4.74 Å². The number of ether oxygens (including phenoxy) is 1. The Balaban J connectivity index is 2.52. The van der Waals surface area contributed by atoms with Gasteiger partial charge in [0.1, 0.15) is 6.04 Å². The molecule has 1 aromatic rings. The van der Waals surface area contributed by atoms with Crippen LogP contribution in [-0.2, 0) is 16.1 Å². The second kappa shape index (κ2) is 6.23. The minimum atomic E-state index is -0.248. The molecule has 1 aromatic heterocycles. The van der Waals surface area contributed by atoms with Gasteiger partial charge < -0.3 is 4.74 Å². The Bertz CT molecular complexity index is 327. The standard InChI is InChI=1S/C12H18N2O2/c1-4-16-12(15)10(2)14(3)9-11-7-5-6-8-13-11/h5-8,10H,4,9H2,1-3H3. The van der Waals surface area contributed by atoms with E-state index in [0.717, 1.165) is 5.69 Å². The van der Waals surface area contributed by atoms with Crippen LogP contribution in [0.4, 0.5) is 0 Å². The van der Waals surface area contributed by atoms with Crippen LogP contribution in [0.25, 0.3) is 0 Å². The zero-order valence-corrected chi connectivity index (χ0v) is 10.0. The van der Waals surface area contributed by atoms with Gasteiger partial charge in [-0.3, -0.25) is 14.7 Å². The number of nitrogens with zero attached hydrogens (tertiary/aromatic N) is 2. The van der Waals surface area contributed by atoms with E-state index in [1.54, 1.807) is 6.20 Å². The van der Waals surface area contributed by atoms with Gasteiger partial charge in [-0.15, -0.1) is 0 Å². The van der Waals surface area contributed by atoms with Crippen molar-refractivity contribution in [3.63, 3.8) is 0 Å². The van der Waals surface area contributed by atoms with E-state index in [0.29, 0.717) is 13.2 Å². The summed E-state index contributed by atoms with van der Waals surface area (Å²) in [6.07, 6.45) is 1.75. The maximum Gasteiger partial charge on any atom is 0.323 e. The van der Waals surface area contributed by atoms with Crippen molar-refractivity contribution in [2.45, 2.75) is 26.4 Å². The second-order valence-electron chi connectivity index (χ2n) is 3.66. The fourth-order valence-electron chi connectivity index (χ4n) is 1.33. The van der Waals surface area contributed by atoms with Crippen molar-refractivity contribution in [1.82, 2.24) is 9.88 Å². The summed E-state index contributed by atoms with van der Waals surface area (Å²) < 4.78 is 4.96. The number of pyridine rings is 1. The number of hydrogen-bond donors (Lipinski definition) is 0. The van der Waals surface area contributed by atoms with Gasteiger partial charge in [-0.2, -0.15) is 0 Å². The van der Waals surface area contributed by atoms with Crippen LogP contribution >= 0.6 is 0 Å². The highest BCUT2D eigenvalue weighted by Crippen LogP contribution is 2.04. The SMILES string of the molecule is CCOC(=O)C(C)N(C)Cc1ccccn1. The fraction of sp³-hybridized carbons (Fsp3) is 0.500. The lowest BCUT2D eigenvalue weighted by atomic mass is 10.2. The summed E-state index contributed by atoms with van der Waals surface area (Å²) in [5.41, 5.74) is 0.946. The van der Waals surface area contributed by atoms with Gasteiger partial charge >= 0.3 is 5.97 Å². The molecule has 88 valence electrons. The Morgan fingerprint density at radius 1 is 1.56 bits per heavy atom. The minimum absolute atomic E-state index is 0.194. The Kier molecular flexibility index (Phi) is 4.92. The average Bonchev–Trinajstić information content (AvgIpc) is 2.29. The van der Waals surface area contributed by atoms with Gasteiger partial charge in [0.25, 0.3) is 0 Å². The summed E-state index contributed by atoms with van der Waals surface area (Å²) in [4.78, 5) is 17.6. The van der Waals surface area contributed by atoms with Crippen LogP contribution in [0.1, 0.15) is 19.5 Å². The number of rotatable bonds is 5. The van der Waals surface area contributed by atoms with E-state index in [2.05, 4.69) is 4.98 Å². The molecule has 0 bridgehead atoms.